The Morgan fingerprint density at radius 2 is 2.04 bits per heavy atom. The first-order chi connectivity index (χ1) is 12.6. The van der Waals surface area contributed by atoms with E-state index in [2.05, 4.69) is 20.6 Å². The molecular weight excluding hydrogens is 354 g/mol. The van der Waals surface area contributed by atoms with Crippen molar-refractivity contribution in [1.29, 1.82) is 0 Å². The number of carbonyl (C=O) groups is 2. The fourth-order valence-electron chi connectivity index (χ4n) is 3.01. The standard InChI is InChI=1S/C18H20ClN5O2/c1-20-17(26)14-10-13(19)5-6-15(14)23-16(25)12-4-2-9-24(11-12)18-21-7-3-8-22-18/h3,5-8,10,12H,2,4,9,11H2,1H3,(H,20,26)(H,23,25). The van der Waals surface area contributed by atoms with Crippen LogP contribution in [0.2, 0.25) is 5.02 Å². The molecule has 2 aromatic rings. The lowest BCUT2D eigenvalue weighted by molar-refractivity contribution is -0.120. The van der Waals surface area contributed by atoms with Crippen molar-refractivity contribution in [2.45, 2.75) is 12.8 Å². The van der Waals surface area contributed by atoms with Crippen LogP contribution in [0.1, 0.15) is 23.2 Å². The van der Waals surface area contributed by atoms with E-state index in [9.17, 15) is 9.59 Å². The van der Waals surface area contributed by atoms with Gasteiger partial charge in [-0.1, -0.05) is 11.6 Å². The highest BCUT2D eigenvalue weighted by atomic mass is 35.5. The van der Waals surface area contributed by atoms with Gasteiger partial charge in [-0.3, -0.25) is 9.59 Å². The molecule has 0 bridgehead atoms. The van der Waals surface area contributed by atoms with Crippen molar-refractivity contribution in [3.05, 3.63) is 47.2 Å². The predicted octanol–water partition coefficient (Wildman–Crippen LogP) is 2.34. The van der Waals surface area contributed by atoms with Crippen molar-refractivity contribution < 1.29 is 9.59 Å². The third-order valence-electron chi connectivity index (χ3n) is 4.34. The minimum absolute atomic E-state index is 0.127. The summed E-state index contributed by atoms with van der Waals surface area (Å²) in [7, 11) is 1.54. The third-order valence-corrected chi connectivity index (χ3v) is 4.57. The number of amides is 2. The van der Waals surface area contributed by atoms with E-state index >= 15 is 0 Å². The number of aromatic nitrogens is 2. The molecule has 1 aromatic heterocycles. The lowest BCUT2D eigenvalue weighted by Gasteiger charge is -2.32. The maximum atomic E-state index is 12.7. The van der Waals surface area contributed by atoms with Crippen molar-refractivity contribution in [1.82, 2.24) is 15.3 Å². The van der Waals surface area contributed by atoms with E-state index in [0.29, 0.717) is 28.8 Å². The number of nitrogens with zero attached hydrogens (tertiary/aromatic N) is 3. The molecule has 0 aliphatic carbocycles. The van der Waals surface area contributed by atoms with E-state index in [4.69, 9.17) is 11.6 Å². The molecule has 2 amide bonds. The van der Waals surface area contributed by atoms with Crippen LogP contribution in [0, 0.1) is 5.92 Å². The summed E-state index contributed by atoms with van der Waals surface area (Å²) in [6.07, 6.45) is 5.03. The van der Waals surface area contributed by atoms with E-state index < -0.39 is 0 Å². The van der Waals surface area contributed by atoms with Crippen LogP contribution in [-0.2, 0) is 4.79 Å². The molecule has 3 rings (SSSR count). The normalized spacial score (nSPS) is 16.8. The van der Waals surface area contributed by atoms with Gasteiger partial charge in [-0.05, 0) is 37.1 Å². The number of nitrogens with one attached hydrogen (secondary N) is 2. The summed E-state index contributed by atoms with van der Waals surface area (Å²) in [5.74, 6) is -0.00724. The molecule has 0 saturated carbocycles. The zero-order valence-corrected chi connectivity index (χ0v) is 15.2. The molecule has 26 heavy (non-hydrogen) atoms. The second kappa shape index (κ2) is 8.14. The Labute approximate surface area is 156 Å². The summed E-state index contributed by atoms with van der Waals surface area (Å²) in [5.41, 5.74) is 0.791. The molecule has 0 spiro atoms. The van der Waals surface area contributed by atoms with E-state index in [-0.39, 0.29) is 17.7 Å². The molecule has 7 nitrogen and oxygen atoms in total. The van der Waals surface area contributed by atoms with Gasteiger partial charge >= 0.3 is 0 Å². The quantitative estimate of drug-likeness (QED) is 0.859. The van der Waals surface area contributed by atoms with Gasteiger partial charge in [-0.15, -0.1) is 0 Å². The van der Waals surface area contributed by atoms with Crippen molar-refractivity contribution in [2.75, 3.05) is 30.4 Å². The van der Waals surface area contributed by atoms with E-state index in [1.165, 1.54) is 7.05 Å². The van der Waals surface area contributed by atoms with Crippen LogP contribution in [0.4, 0.5) is 11.6 Å². The second-order valence-electron chi connectivity index (χ2n) is 6.09. The molecule has 1 aliphatic rings. The molecule has 1 saturated heterocycles. The minimum atomic E-state index is -0.300. The second-order valence-corrected chi connectivity index (χ2v) is 6.53. The molecule has 2 heterocycles. The summed E-state index contributed by atoms with van der Waals surface area (Å²) < 4.78 is 0. The van der Waals surface area contributed by atoms with Crippen LogP contribution in [0.3, 0.4) is 0 Å². The van der Waals surface area contributed by atoms with Crippen molar-refractivity contribution >= 4 is 35.1 Å². The average molecular weight is 374 g/mol. The van der Waals surface area contributed by atoms with Gasteiger partial charge in [0.05, 0.1) is 17.2 Å². The van der Waals surface area contributed by atoms with Gasteiger partial charge in [-0.25, -0.2) is 9.97 Å². The Kier molecular flexibility index (Phi) is 5.68. The third kappa shape index (κ3) is 4.11. The molecule has 1 unspecified atom stereocenters. The SMILES string of the molecule is CNC(=O)c1cc(Cl)ccc1NC(=O)C1CCCN(c2ncccn2)C1. The molecule has 1 atom stereocenters. The molecule has 1 aromatic carbocycles. The minimum Gasteiger partial charge on any atom is -0.355 e. The summed E-state index contributed by atoms with van der Waals surface area (Å²) in [6, 6.07) is 6.60. The Bertz CT molecular complexity index is 799. The fourth-order valence-corrected chi connectivity index (χ4v) is 3.18. The molecule has 136 valence electrons. The first kappa shape index (κ1) is 18.1. The van der Waals surface area contributed by atoms with Crippen LogP contribution in [0.25, 0.3) is 0 Å². The van der Waals surface area contributed by atoms with Gasteiger partial charge in [0.25, 0.3) is 5.91 Å². The Morgan fingerprint density at radius 3 is 2.77 bits per heavy atom. The molecule has 8 heteroatoms. The summed E-state index contributed by atoms with van der Waals surface area (Å²) in [4.78, 5) is 35.3. The predicted molar refractivity (Wildman–Crippen MR) is 100 cm³/mol. The van der Waals surface area contributed by atoms with Crippen LogP contribution in [-0.4, -0.2) is 41.9 Å². The van der Waals surface area contributed by atoms with Crippen LogP contribution >= 0.6 is 11.6 Å². The van der Waals surface area contributed by atoms with E-state index in [1.54, 1.807) is 36.7 Å². The summed E-state index contributed by atoms with van der Waals surface area (Å²) in [6.45, 7) is 1.36. The molecule has 1 fully saturated rings. The fraction of sp³-hybridized carbons (Fsp3) is 0.333. The largest absolute Gasteiger partial charge is 0.355 e. The lowest BCUT2D eigenvalue weighted by Crippen LogP contribution is -2.41. The summed E-state index contributed by atoms with van der Waals surface area (Å²) >= 11 is 5.98. The van der Waals surface area contributed by atoms with Gasteiger partial charge in [0.15, 0.2) is 0 Å². The zero-order valence-electron chi connectivity index (χ0n) is 14.4. The first-order valence-corrected chi connectivity index (χ1v) is 8.80. The maximum absolute atomic E-state index is 12.7. The lowest BCUT2D eigenvalue weighted by atomic mass is 9.97. The van der Waals surface area contributed by atoms with Gasteiger partial charge in [0.1, 0.15) is 0 Å². The first-order valence-electron chi connectivity index (χ1n) is 8.43. The number of rotatable bonds is 4. The van der Waals surface area contributed by atoms with Gasteiger partial charge in [-0.2, -0.15) is 0 Å². The Balaban J connectivity index is 1.73. The van der Waals surface area contributed by atoms with E-state index in [1.807, 2.05) is 4.90 Å². The highest BCUT2D eigenvalue weighted by molar-refractivity contribution is 6.31. The number of carbonyl (C=O) groups excluding carboxylic acids is 2. The van der Waals surface area contributed by atoms with E-state index in [0.717, 1.165) is 19.4 Å². The number of hydrogen-bond donors (Lipinski definition) is 2. The zero-order chi connectivity index (χ0) is 18.5. The molecule has 2 N–H and O–H groups in total. The molecule has 0 radical (unpaired) electrons. The van der Waals surface area contributed by atoms with Gasteiger partial charge in [0, 0.05) is 37.6 Å². The number of benzene rings is 1. The van der Waals surface area contributed by atoms with Gasteiger partial charge < -0.3 is 15.5 Å². The van der Waals surface area contributed by atoms with Gasteiger partial charge in [0.2, 0.25) is 11.9 Å². The monoisotopic (exact) mass is 373 g/mol. The average Bonchev–Trinajstić information content (AvgIpc) is 2.69. The number of hydrogen-bond acceptors (Lipinski definition) is 5. The summed E-state index contributed by atoms with van der Waals surface area (Å²) in [5, 5.41) is 5.86. The molecule has 1 aliphatic heterocycles. The number of halogens is 1. The van der Waals surface area contributed by atoms with Crippen LogP contribution in [0.5, 0.6) is 0 Å². The highest BCUT2D eigenvalue weighted by Gasteiger charge is 2.27. The van der Waals surface area contributed by atoms with Crippen molar-refractivity contribution in [3.8, 4) is 0 Å². The number of piperidine rings is 1. The number of anilines is 2. The highest BCUT2D eigenvalue weighted by Crippen LogP contribution is 2.24. The maximum Gasteiger partial charge on any atom is 0.253 e. The van der Waals surface area contributed by atoms with Crippen LogP contribution in [0.15, 0.2) is 36.7 Å². The van der Waals surface area contributed by atoms with Crippen molar-refractivity contribution in [3.63, 3.8) is 0 Å². The smallest absolute Gasteiger partial charge is 0.253 e. The Hall–Kier alpha value is -2.67. The molecular formula is C18H20ClN5O2. The van der Waals surface area contributed by atoms with Crippen molar-refractivity contribution in [2.24, 2.45) is 5.92 Å². The van der Waals surface area contributed by atoms with Crippen LogP contribution < -0.4 is 15.5 Å². The Morgan fingerprint density at radius 1 is 1.27 bits per heavy atom. The topological polar surface area (TPSA) is 87.2 Å².